The second-order valence-electron chi connectivity index (χ2n) is 8.82. The topological polar surface area (TPSA) is 46.9 Å². The molecule has 0 saturated heterocycles. The fraction of sp³-hybridized carbons (Fsp3) is 0.545. The summed E-state index contributed by atoms with van der Waals surface area (Å²) in [7, 11) is 1.91. The minimum absolute atomic E-state index is 0.122. The molecule has 0 aliphatic heterocycles. The van der Waals surface area contributed by atoms with Crippen LogP contribution in [0.5, 0.6) is 0 Å². The van der Waals surface area contributed by atoms with Crippen molar-refractivity contribution in [3.63, 3.8) is 0 Å². The normalized spacial score (nSPS) is 21.4. The average Bonchev–Trinajstić information content (AvgIpc) is 2.80. The van der Waals surface area contributed by atoms with Gasteiger partial charge < -0.3 is 5.32 Å². The third-order valence-corrected chi connectivity index (χ3v) is 7.10. The first-order valence-electron chi connectivity index (χ1n) is 10.2. The Kier molecular flexibility index (Phi) is 3.88. The van der Waals surface area contributed by atoms with Crippen LogP contribution in [0.2, 0.25) is 0 Å². The summed E-state index contributed by atoms with van der Waals surface area (Å²) in [5, 5.41) is 7.80. The van der Waals surface area contributed by atoms with Crippen molar-refractivity contribution in [2.75, 3.05) is 5.32 Å². The standard InChI is InChI=1S/C22H26FN3O/c1-26-19(15-6-8-17(23)9-7-15)18(14-4-2-5-14)20(25-26)24-21(27)16-12-22(13-16)10-3-11-22/h6-9,14,16H,2-5,10-13H2,1H3,(H,24,25,27). The molecule has 3 aliphatic rings. The number of halogens is 1. The molecule has 4 nitrogen and oxygen atoms in total. The van der Waals surface area contributed by atoms with Gasteiger partial charge in [0.2, 0.25) is 5.91 Å². The van der Waals surface area contributed by atoms with Crippen LogP contribution in [0.4, 0.5) is 10.2 Å². The summed E-state index contributed by atoms with van der Waals surface area (Å²) in [6.45, 7) is 0. The Bertz CT molecular complexity index is 870. The van der Waals surface area contributed by atoms with E-state index in [0.29, 0.717) is 17.2 Å². The van der Waals surface area contributed by atoms with Crippen LogP contribution in [0.3, 0.4) is 0 Å². The molecule has 1 aromatic carbocycles. The van der Waals surface area contributed by atoms with Gasteiger partial charge in [-0.1, -0.05) is 12.8 Å². The molecule has 0 atom stereocenters. The Labute approximate surface area is 159 Å². The molecule has 27 heavy (non-hydrogen) atoms. The van der Waals surface area contributed by atoms with Crippen molar-refractivity contribution in [3.05, 3.63) is 35.6 Å². The second kappa shape index (κ2) is 6.18. The van der Waals surface area contributed by atoms with E-state index in [2.05, 4.69) is 10.4 Å². The van der Waals surface area contributed by atoms with Crippen molar-refractivity contribution in [2.45, 2.75) is 57.3 Å². The van der Waals surface area contributed by atoms with Gasteiger partial charge in [-0.25, -0.2) is 4.39 Å². The van der Waals surface area contributed by atoms with E-state index in [1.54, 1.807) is 12.1 Å². The van der Waals surface area contributed by atoms with Crippen LogP contribution in [-0.4, -0.2) is 15.7 Å². The summed E-state index contributed by atoms with van der Waals surface area (Å²) in [5.74, 6) is 1.15. The Hall–Kier alpha value is -2.17. The monoisotopic (exact) mass is 367 g/mol. The number of rotatable bonds is 4. The Morgan fingerprint density at radius 2 is 1.89 bits per heavy atom. The number of nitrogens with one attached hydrogen (secondary N) is 1. The van der Waals surface area contributed by atoms with E-state index in [4.69, 9.17) is 0 Å². The molecule has 1 aromatic heterocycles. The fourth-order valence-corrected chi connectivity index (χ4v) is 5.14. The highest BCUT2D eigenvalue weighted by Crippen LogP contribution is 2.58. The first-order valence-corrected chi connectivity index (χ1v) is 10.2. The van der Waals surface area contributed by atoms with Gasteiger partial charge in [0.15, 0.2) is 5.82 Å². The number of carbonyl (C=O) groups excluding carboxylic acids is 1. The van der Waals surface area contributed by atoms with Gasteiger partial charge in [-0.2, -0.15) is 5.10 Å². The molecule has 5 rings (SSSR count). The molecule has 1 amide bonds. The molecule has 1 spiro atoms. The van der Waals surface area contributed by atoms with Crippen LogP contribution < -0.4 is 5.32 Å². The largest absolute Gasteiger partial charge is 0.309 e. The van der Waals surface area contributed by atoms with Crippen LogP contribution in [0.1, 0.15) is 62.8 Å². The van der Waals surface area contributed by atoms with Crippen molar-refractivity contribution >= 4 is 11.7 Å². The highest BCUT2D eigenvalue weighted by molar-refractivity contribution is 5.94. The molecule has 2 aromatic rings. The highest BCUT2D eigenvalue weighted by Gasteiger charge is 2.50. The third kappa shape index (κ3) is 2.79. The number of benzene rings is 1. The Balaban J connectivity index is 1.43. The van der Waals surface area contributed by atoms with E-state index >= 15 is 0 Å². The lowest BCUT2D eigenvalue weighted by Crippen LogP contribution is -2.47. The molecule has 0 unspecified atom stereocenters. The van der Waals surface area contributed by atoms with E-state index in [1.165, 1.54) is 37.8 Å². The first-order chi connectivity index (χ1) is 13.0. The molecular formula is C22H26FN3O. The van der Waals surface area contributed by atoms with Gasteiger partial charge in [0.25, 0.3) is 0 Å². The SMILES string of the molecule is Cn1nc(NC(=O)C2CC3(CCC3)C2)c(C2CCC2)c1-c1ccc(F)cc1. The van der Waals surface area contributed by atoms with Crippen LogP contribution in [0.25, 0.3) is 11.3 Å². The van der Waals surface area contributed by atoms with Gasteiger partial charge >= 0.3 is 0 Å². The summed E-state index contributed by atoms with van der Waals surface area (Å²) in [6.07, 6.45) is 9.43. The molecule has 3 saturated carbocycles. The second-order valence-corrected chi connectivity index (χ2v) is 8.82. The van der Waals surface area contributed by atoms with Crippen molar-refractivity contribution in [3.8, 4) is 11.3 Å². The molecule has 1 N–H and O–H groups in total. The zero-order valence-corrected chi connectivity index (χ0v) is 15.8. The Morgan fingerprint density at radius 1 is 1.19 bits per heavy atom. The molecule has 5 heteroatoms. The van der Waals surface area contributed by atoms with Gasteiger partial charge in [-0.3, -0.25) is 9.48 Å². The summed E-state index contributed by atoms with van der Waals surface area (Å²) in [4.78, 5) is 12.8. The number of amides is 1. The van der Waals surface area contributed by atoms with Crippen LogP contribution in [0, 0.1) is 17.2 Å². The number of hydrogen-bond donors (Lipinski definition) is 1. The van der Waals surface area contributed by atoms with Crippen LogP contribution in [-0.2, 0) is 11.8 Å². The van der Waals surface area contributed by atoms with Crippen molar-refractivity contribution < 1.29 is 9.18 Å². The van der Waals surface area contributed by atoms with E-state index in [-0.39, 0.29) is 17.6 Å². The molecule has 142 valence electrons. The maximum absolute atomic E-state index is 13.4. The number of nitrogens with zero attached hydrogens (tertiary/aromatic N) is 2. The van der Waals surface area contributed by atoms with Gasteiger partial charge in [0.05, 0.1) is 5.69 Å². The number of hydrogen-bond acceptors (Lipinski definition) is 2. The van der Waals surface area contributed by atoms with E-state index in [9.17, 15) is 9.18 Å². The van der Waals surface area contributed by atoms with Gasteiger partial charge in [0.1, 0.15) is 5.82 Å². The lowest BCUT2D eigenvalue weighted by atomic mass is 9.51. The van der Waals surface area contributed by atoms with Gasteiger partial charge in [0, 0.05) is 24.1 Å². The molecule has 3 aliphatic carbocycles. The van der Waals surface area contributed by atoms with E-state index in [0.717, 1.165) is 42.5 Å². The maximum atomic E-state index is 13.4. The van der Waals surface area contributed by atoms with Gasteiger partial charge in [-0.05, 0) is 74.1 Å². The molecule has 0 radical (unpaired) electrons. The average molecular weight is 367 g/mol. The number of aryl methyl sites for hydroxylation is 1. The van der Waals surface area contributed by atoms with E-state index in [1.807, 2.05) is 11.7 Å². The van der Waals surface area contributed by atoms with Gasteiger partial charge in [-0.15, -0.1) is 0 Å². The van der Waals surface area contributed by atoms with Crippen molar-refractivity contribution in [1.29, 1.82) is 0 Å². The predicted octanol–water partition coefficient (Wildman–Crippen LogP) is 5.01. The highest BCUT2D eigenvalue weighted by atomic mass is 19.1. The maximum Gasteiger partial charge on any atom is 0.228 e. The number of anilines is 1. The van der Waals surface area contributed by atoms with Crippen LogP contribution in [0.15, 0.2) is 24.3 Å². The zero-order valence-electron chi connectivity index (χ0n) is 15.8. The Morgan fingerprint density at radius 3 is 2.44 bits per heavy atom. The van der Waals surface area contributed by atoms with Crippen LogP contribution >= 0.6 is 0 Å². The van der Waals surface area contributed by atoms with Crippen molar-refractivity contribution in [1.82, 2.24) is 9.78 Å². The summed E-state index contributed by atoms with van der Waals surface area (Å²) < 4.78 is 15.2. The zero-order chi connectivity index (χ0) is 18.6. The van der Waals surface area contributed by atoms with E-state index < -0.39 is 0 Å². The lowest BCUT2D eigenvalue weighted by Gasteiger charge is -2.53. The first kappa shape index (κ1) is 17.0. The lowest BCUT2D eigenvalue weighted by molar-refractivity contribution is -0.131. The molecule has 0 bridgehead atoms. The minimum Gasteiger partial charge on any atom is -0.309 e. The number of carbonyl (C=O) groups is 1. The minimum atomic E-state index is -0.241. The predicted molar refractivity (Wildman–Crippen MR) is 103 cm³/mol. The quantitative estimate of drug-likeness (QED) is 0.825. The summed E-state index contributed by atoms with van der Waals surface area (Å²) >= 11 is 0. The molecule has 3 fully saturated rings. The molecular weight excluding hydrogens is 341 g/mol. The van der Waals surface area contributed by atoms with Crippen molar-refractivity contribution in [2.24, 2.45) is 18.4 Å². The fourth-order valence-electron chi connectivity index (χ4n) is 5.14. The third-order valence-electron chi connectivity index (χ3n) is 7.10. The summed E-state index contributed by atoms with van der Waals surface area (Å²) in [5.41, 5.74) is 3.56. The molecule has 1 heterocycles. The number of aromatic nitrogens is 2. The summed E-state index contributed by atoms with van der Waals surface area (Å²) in [6, 6.07) is 6.56. The smallest absolute Gasteiger partial charge is 0.228 e.